The molecule has 2 amide bonds. The zero-order chi connectivity index (χ0) is 20.4. The lowest BCUT2D eigenvalue weighted by atomic mass is 10.1. The molecule has 2 aromatic rings. The molecule has 2 aromatic carbocycles. The Kier molecular flexibility index (Phi) is 5.51. The molecule has 29 heavy (non-hydrogen) atoms. The fraction of sp³-hybridized carbons (Fsp3) is 0.391. The molecule has 2 aliphatic rings. The van der Waals surface area contributed by atoms with Crippen LogP contribution in [-0.4, -0.2) is 54.3 Å². The second-order valence-corrected chi connectivity index (χ2v) is 7.82. The molecule has 2 fully saturated rings. The zero-order valence-electron chi connectivity index (χ0n) is 16.6. The van der Waals surface area contributed by atoms with Crippen molar-refractivity contribution in [2.45, 2.75) is 19.4 Å². The number of halogens is 1. The summed E-state index contributed by atoms with van der Waals surface area (Å²) >= 11 is 0. The molecule has 4 rings (SSSR count). The summed E-state index contributed by atoms with van der Waals surface area (Å²) in [6.45, 7) is 5.15. The minimum atomic E-state index is -0.272. The van der Waals surface area contributed by atoms with Crippen molar-refractivity contribution in [1.29, 1.82) is 0 Å². The summed E-state index contributed by atoms with van der Waals surface area (Å²) in [5, 5.41) is 0. The van der Waals surface area contributed by atoms with E-state index in [4.69, 9.17) is 0 Å². The number of likely N-dealkylation sites (tertiary alicyclic amines) is 1. The van der Waals surface area contributed by atoms with Gasteiger partial charge in [-0.05, 0) is 36.8 Å². The number of benzene rings is 2. The van der Waals surface area contributed by atoms with Crippen LogP contribution in [0.4, 0.5) is 10.1 Å². The molecule has 2 saturated heterocycles. The SMILES string of the molecule is C[C@H](c1ccccc1)N1C[C@@H](C(=O)N2CCN(c3ccc(F)cc3)CC2)CC1=O. The molecule has 0 radical (unpaired) electrons. The first-order valence-electron chi connectivity index (χ1n) is 10.2. The van der Waals surface area contributed by atoms with Crippen molar-refractivity contribution >= 4 is 17.5 Å². The molecule has 2 heterocycles. The van der Waals surface area contributed by atoms with Gasteiger partial charge in [0.1, 0.15) is 5.82 Å². The molecule has 5 nitrogen and oxygen atoms in total. The van der Waals surface area contributed by atoms with Crippen LogP contribution in [0.25, 0.3) is 0 Å². The second-order valence-electron chi connectivity index (χ2n) is 7.82. The first kappa shape index (κ1) is 19.4. The van der Waals surface area contributed by atoms with Gasteiger partial charge < -0.3 is 14.7 Å². The Bertz CT molecular complexity index is 863. The highest BCUT2D eigenvalue weighted by molar-refractivity contribution is 5.89. The van der Waals surface area contributed by atoms with Crippen molar-refractivity contribution in [3.8, 4) is 0 Å². The van der Waals surface area contributed by atoms with Crippen molar-refractivity contribution in [2.24, 2.45) is 5.92 Å². The largest absolute Gasteiger partial charge is 0.368 e. The number of anilines is 1. The lowest BCUT2D eigenvalue weighted by molar-refractivity contribution is -0.136. The van der Waals surface area contributed by atoms with E-state index in [1.165, 1.54) is 12.1 Å². The number of carbonyl (C=O) groups excluding carboxylic acids is 2. The van der Waals surface area contributed by atoms with Gasteiger partial charge in [0.25, 0.3) is 0 Å². The van der Waals surface area contributed by atoms with E-state index in [1.807, 2.05) is 47.1 Å². The predicted octanol–water partition coefficient (Wildman–Crippen LogP) is 3.08. The summed E-state index contributed by atoms with van der Waals surface area (Å²) in [7, 11) is 0. The van der Waals surface area contributed by atoms with Gasteiger partial charge in [-0.3, -0.25) is 9.59 Å². The van der Waals surface area contributed by atoms with E-state index in [1.54, 1.807) is 12.1 Å². The average Bonchev–Trinajstić information content (AvgIpc) is 3.15. The Balaban J connectivity index is 1.34. The van der Waals surface area contributed by atoms with Crippen molar-refractivity contribution in [3.63, 3.8) is 0 Å². The number of carbonyl (C=O) groups is 2. The van der Waals surface area contributed by atoms with E-state index in [9.17, 15) is 14.0 Å². The maximum Gasteiger partial charge on any atom is 0.228 e. The van der Waals surface area contributed by atoms with Crippen molar-refractivity contribution in [3.05, 3.63) is 66.0 Å². The third-order valence-corrected chi connectivity index (χ3v) is 6.04. The molecule has 2 aliphatic heterocycles. The molecule has 0 N–H and O–H groups in total. The molecule has 0 aliphatic carbocycles. The Morgan fingerprint density at radius 3 is 2.31 bits per heavy atom. The molecule has 2 atom stereocenters. The van der Waals surface area contributed by atoms with Gasteiger partial charge in [-0.2, -0.15) is 0 Å². The summed E-state index contributed by atoms with van der Waals surface area (Å²) in [5.41, 5.74) is 2.05. The molecule has 0 bridgehead atoms. The first-order chi connectivity index (χ1) is 14.0. The maximum atomic E-state index is 13.1. The number of hydrogen-bond acceptors (Lipinski definition) is 3. The Morgan fingerprint density at radius 2 is 1.66 bits per heavy atom. The van der Waals surface area contributed by atoms with Crippen LogP contribution in [0.5, 0.6) is 0 Å². The van der Waals surface area contributed by atoms with Crippen LogP contribution in [0.2, 0.25) is 0 Å². The van der Waals surface area contributed by atoms with Crippen LogP contribution in [0.3, 0.4) is 0 Å². The van der Waals surface area contributed by atoms with Gasteiger partial charge in [0, 0.05) is 44.8 Å². The number of nitrogens with zero attached hydrogens (tertiary/aromatic N) is 3. The van der Waals surface area contributed by atoms with Crippen LogP contribution in [0.1, 0.15) is 24.9 Å². The third-order valence-electron chi connectivity index (χ3n) is 6.04. The Morgan fingerprint density at radius 1 is 1.00 bits per heavy atom. The highest BCUT2D eigenvalue weighted by Gasteiger charge is 2.39. The van der Waals surface area contributed by atoms with E-state index in [0.29, 0.717) is 32.7 Å². The third kappa shape index (κ3) is 4.11. The van der Waals surface area contributed by atoms with Gasteiger partial charge in [0.05, 0.1) is 12.0 Å². The van der Waals surface area contributed by atoms with Gasteiger partial charge in [0.2, 0.25) is 11.8 Å². The summed E-state index contributed by atoms with van der Waals surface area (Å²) in [5.74, 6) is -0.404. The van der Waals surface area contributed by atoms with Crippen LogP contribution in [0, 0.1) is 11.7 Å². The summed E-state index contributed by atoms with van der Waals surface area (Å²) in [6, 6.07) is 16.3. The molecular weight excluding hydrogens is 369 g/mol. The smallest absolute Gasteiger partial charge is 0.228 e. The highest BCUT2D eigenvalue weighted by Crippen LogP contribution is 2.29. The molecule has 6 heteroatoms. The summed E-state index contributed by atoms with van der Waals surface area (Å²) < 4.78 is 13.1. The number of hydrogen-bond donors (Lipinski definition) is 0. The van der Waals surface area contributed by atoms with Crippen LogP contribution in [-0.2, 0) is 9.59 Å². The quantitative estimate of drug-likeness (QED) is 0.799. The molecule has 0 aromatic heterocycles. The van der Waals surface area contributed by atoms with E-state index in [-0.39, 0.29) is 36.0 Å². The topological polar surface area (TPSA) is 43.9 Å². The molecular formula is C23H26FN3O2. The molecule has 0 spiro atoms. The molecule has 152 valence electrons. The summed E-state index contributed by atoms with van der Waals surface area (Å²) in [6.07, 6.45) is 0.286. The molecule has 0 unspecified atom stereocenters. The average molecular weight is 395 g/mol. The van der Waals surface area contributed by atoms with E-state index < -0.39 is 0 Å². The fourth-order valence-corrected chi connectivity index (χ4v) is 4.28. The predicted molar refractivity (Wildman–Crippen MR) is 110 cm³/mol. The van der Waals surface area contributed by atoms with Gasteiger partial charge in [-0.1, -0.05) is 30.3 Å². The van der Waals surface area contributed by atoms with Crippen molar-refractivity contribution in [2.75, 3.05) is 37.6 Å². The highest BCUT2D eigenvalue weighted by atomic mass is 19.1. The number of rotatable bonds is 4. The Hall–Kier alpha value is -2.89. The van der Waals surface area contributed by atoms with Gasteiger partial charge in [0.15, 0.2) is 0 Å². The second kappa shape index (κ2) is 8.23. The minimum Gasteiger partial charge on any atom is -0.368 e. The monoisotopic (exact) mass is 395 g/mol. The fourth-order valence-electron chi connectivity index (χ4n) is 4.28. The van der Waals surface area contributed by atoms with E-state index in [2.05, 4.69) is 4.90 Å². The minimum absolute atomic E-state index is 0.0307. The molecule has 0 saturated carbocycles. The normalized spacial score (nSPS) is 20.8. The van der Waals surface area contributed by atoms with Crippen molar-refractivity contribution in [1.82, 2.24) is 9.80 Å². The number of amides is 2. The first-order valence-corrected chi connectivity index (χ1v) is 10.2. The zero-order valence-corrected chi connectivity index (χ0v) is 16.6. The van der Waals surface area contributed by atoms with Crippen molar-refractivity contribution < 1.29 is 14.0 Å². The van der Waals surface area contributed by atoms with Crippen LogP contribution < -0.4 is 4.90 Å². The van der Waals surface area contributed by atoms with Crippen LogP contribution in [0.15, 0.2) is 54.6 Å². The lowest BCUT2D eigenvalue weighted by Gasteiger charge is -2.37. The lowest BCUT2D eigenvalue weighted by Crippen LogP contribution is -2.50. The van der Waals surface area contributed by atoms with Gasteiger partial charge in [-0.15, -0.1) is 0 Å². The summed E-state index contributed by atoms with van der Waals surface area (Å²) in [4.78, 5) is 31.4. The van der Waals surface area contributed by atoms with E-state index >= 15 is 0 Å². The maximum absolute atomic E-state index is 13.1. The number of piperazine rings is 1. The standard InChI is InChI=1S/C23H26FN3O2/c1-17(18-5-3-2-4-6-18)27-16-19(15-22(27)28)23(29)26-13-11-25(12-14-26)21-9-7-20(24)8-10-21/h2-10,17,19H,11-16H2,1H3/t17-,19+/m1/s1. The Labute approximate surface area is 170 Å². The van der Waals surface area contributed by atoms with Gasteiger partial charge in [-0.25, -0.2) is 4.39 Å². The van der Waals surface area contributed by atoms with Gasteiger partial charge >= 0.3 is 0 Å². The van der Waals surface area contributed by atoms with E-state index in [0.717, 1.165) is 11.3 Å². The van der Waals surface area contributed by atoms with Crippen LogP contribution >= 0.6 is 0 Å².